The minimum absolute atomic E-state index is 0.0413. The number of carbonyl (C=O) groups is 3. The van der Waals surface area contributed by atoms with E-state index < -0.39 is 34.9 Å². The number of nitrogen functional groups attached to an aromatic ring is 1. The average Bonchev–Trinajstić information content (AvgIpc) is 3.42. The van der Waals surface area contributed by atoms with Crippen molar-refractivity contribution in [2.45, 2.75) is 21.5 Å². The van der Waals surface area contributed by atoms with Crippen molar-refractivity contribution >= 4 is 98.2 Å². The second-order valence-electron chi connectivity index (χ2n) is 6.97. The fourth-order valence-corrected chi connectivity index (χ4v) is 8.52. The van der Waals surface area contributed by atoms with Crippen LogP contribution in [0.2, 0.25) is 4.34 Å². The molecule has 7 N–H and O–H groups in total. The Balaban J connectivity index is 1.47. The van der Waals surface area contributed by atoms with Crippen LogP contribution < -0.4 is 16.8 Å². The Morgan fingerprint density at radius 3 is 2.75 bits per heavy atom. The Morgan fingerprint density at radius 2 is 2.11 bits per heavy atom. The first-order chi connectivity index (χ1) is 17.2. The standard InChI is InChI=1S/C17H17ClN8O5S5/c18-11-7(22-16(20)36-11)8(25-31)12(27)21-9-13(28)26-10(15(29)30)5(3-33-14(9)26)34-17-24-23-6(35-17)4-32-2-1-19/h9,14,31H,1-4,19H2,(H2,20,22)(H,21,27)(H,29,30)/b25-8-/t9-,14-/m1/s1. The molecule has 4 rings (SSSR count). The van der Waals surface area contributed by atoms with Crippen molar-refractivity contribution in [3.8, 4) is 0 Å². The van der Waals surface area contributed by atoms with Gasteiger partial charge in [-0.05, 0) is 0 Å². The number of β-lactam (4-membered cyclic amide) rings is 1. The van der Waals surface area contributed by atoms with Crippen LogP contribution in [0.1, 0.15) is 10.7 Å². The molecule has 2 aromatic heterocycles. The number of fused-ring (bicyclic) bond motifs is 1. The molecule has 0 saturated carbocycles. The minimum Gasteiger partial charge on any atom is -0.477 e. The molecule has 1 fully saturated rings. The first-order valence-electron chi connectivity index (χ1n) is 9.89. The highest BCUT2D eigenvalue weighted by molar-refractivity contribution is 8.07. The monoisotopic (exact) mass is 608 g/mol. The highest BCUT2D eigenvalue weighted by Gasteiger charge is 2.54. The van der Waals surface area contributed by atoms with Crippen molar-refractivity contribution in [2.24, 2.45) is 10.9 Å². The number of anilines is 1. The van der Waals surface area contributed by atoms with Gasteiger partial charge in [-0.3, -0.25) is 14.5 Å². The van der Waals surface area contributed by atoms with E-state index in [1.165, 1.54) is 23.1 Å². The van der Waals surface area contributed by atoms with Crippen molar-refractivity contribution in [1.29, 1.82) is 0 Å². The Hall–Kier alpha value is -2.09. The van der Waals surface area contributed by atoms with Crippen LogP contribution >= 0.6 is 69.6 Å². The van der Waals surface area contributed by atoms with Gasteiger partial charge in [0, 0.05) is 28.7 Å². The molecule has 2 aliphatic heterocycles. The normalized spacial score (nSPS) is 19.8. The molecule has 0 bridgehead atoms. The summed E-state index contributed by atoms with van der Waals surface area (Å²) in [6.45, 7) is 0.561. The molecule has 0 unspecified atom stereocenters. The number of aromatic nitrogens is 3. The lowest BCUT2D eigenvalue weighted by molar-refractivity contribution is -0.150. The number of aliphatic carboxylic acids is 1. The van der Waals surface area contributed by atoms with Gasteiger partial charge < -0.3 is 27.1 Å². The maximum atomic E-state index is 12.9. The molecule has 2 amide bonds. The number of carboxylic acid groups (broad SMARTS) is 1. The molecular weight excluding hydrogens is 592 g/mol. The lowest BCUT2D eigenvalue weighted by Crippen LogP contribution is -2.71. The van der Waals surface area contributed by atoms with Gasteiger partial charge in [-0.2, -0.15) is 11.8 Å². The fourth-order valence-electron chi connectivity index (χ4n) is 3.23. The molecule has 2 aromatic rings. The van der Waals surface area contributed by atoms with Crippen LogP contribution in [-0.4, -0.2) is 83.4 Å². The summed E-state index contributed by atoms with van der Waals surface area (Å²) >= 11 is 12.3. The minimum atomic E-state index is -1.27. The summed E-state index contributed by atoms with van der Waals surface area (Å²) in [6, 6.07) is -1.04. The second-order valence-corrected chi connectivity index (χ2v) is 13.2. The summed E-state index contributed by atoms with van der Waals surface area (Å²) in [6.07, 6.45) is 0. The molecule has 4 heterocycles. The quantitative estimate of drug-likeness (QED) is 0.0841. The fraction of sp³-hybridized carbons (Fsp3) is 0.353. The third-order valence-electron chi connectivity index (χ3n) is 4.71. The summed E-state index contributed by atoms with van der Waals surface area (Å²) in [5.41, 5.74) is 10.3. The van der Waals surface area contributed by atoms with Crippen molar-refractivity contribution in [3.63, 3.8) is 0 Å². The number of oxime groups is 1. The Bertz CT molecular complexity index is 1270. The molecule has 1 saturated heterocycles. The summed E-state index contributed by atoms with van der Waals surface area (Å²) in [5.74, 6) is -1.07. The van der Waals surface area contributed by atoms with Gasteiger partial charge in [-0.25, -0.2) is 9.78 Å². The zero-order valence-corrected chi connectivity index (χ0v) is 22.8. The summed E-state index contributed by atoms with van der Waals surface area (Å²) < 4.78 is 0.604. The van der Waals surface area contributed by atoms with Gasteiger partial charge in [0.2, 0.25) is 0 Å². The number of hydrogen-bond donors (Lipinski definition) is 5. The maximum Gasteiger partial charge on any atom is 0.353 e. The Kier molecular flexibility index (Phi) is 8.63. The maximum absolute atomic E-state index is 12.9. The Labute approximate surface area is 229 Å². The van der Waals surface area contributed by atoms with Crippen molar-refractivity contribution in [2.75, 3.05) is 23.8 Å². The van der Waals surface area contributed by atoms with Gasteiger partial charge in [-0.1, -0.05) is 51.2 Å². The summed E-state index contributed by atoms with van der Waals surface area (Å²) in [5, 5.41) is 33.0. The van der Waals surface area contributed by atoms with Crippen LogP contribution in [-0.2, 0) is 20.1 Å². The number of carboxylic acids is 1. The first-order valence-corrected chi connectivity index (χ1v) is 14.9. The van der Waals surface area contributed by atoms with Crippen molar-refractivity contribution < 1.29 is 24.7 Å². The third-order valence-corrected chi connectivity index (χ3v) is 10.5. The van der Waals surface area contributed by atoms with Gasteiger partial charge in [0.25, 0.3) is 11.8 Å². The highest BCUT2D eigenvalue weighted by Crippen LogP contribution is 2.45. The van der Waals surface area contributed by atoms with Crippen LogP contribution in [0.3, 0.4) is 0 Å². The smallest absolute Gasteiger partial charge is 0.353 e. The molecule has 0 spiro atoms. The number of halogens is 1. The molecule has 13 nitrogen and oxygen atoms in total. The van der Waals surface area contributed by atoms with E-state index in [1.54, 1.807) is 11.8 Å². The number of nitrogens with zero attached hydrogens (tertiary/aromatic N) is 5. The first kappa shape index (κ1) is 27.0. The van der Waals surface area contributed by atoms with E-state index in [2.05, 4.69) is 25.7 Å². The van der Waals surface area contributed by atoms with Crippen LogP contribution in [0.4, 0.5) is 5.13 Å². The highest BCUT2D eigenvalue weighted by atomic mass is 35.5. The second kappa shape index (κ2) is 11.5. The number of amides is 2. The van der Waals surface area contributed by atoms with Crippen LogP contribution in [0, 0.1) is 0 Å². The van der Waals surface area contributed by atoms with Crippen molar-refractivity contribution in [1.82, 2.24) is 25.4 Å². The number of carbonyl (C=O) groups excluding carboxylic acids is 2. The molecular formula is C17H17ClN8O5S5. The van der Waals surface area contributed by atoms with E-state index >= 15 is 0 Å². The molecule has 0 aromatic carbocycles. The number of nitrogens with two attached hydrogens (primary N) is 2. The number of hydrogen-bond acceptors (Lipinski definition) is 15. The number of thioether (sulfide) groups is 3. The molecule has 2 aliphatic rings. The van der Waals surface area contributed by atoms with Crippen LogP contribution in [0.15, 0.2) is 20.1 Å². The van der Waals surface area contributed by atoms with Crippen molar-refractivity contribution in [3.05, 3.63) is 25.6 Å². The predicted octanol–water partition coefficient (Wildman–Crippen LogP) is 1.09. The molecule has 0 aliphatic carbocycles. The van der Waals surface area contributed by atoms with Crippen LogP contribution in [0.5, 0.6) is 0 Å². The van der Waals surface area contributed by atoms with E-state index in [1.807, 2.05) is 0 Å². The molecule has 2 atom stereocenters. The van der Waals surface area contributed by atoms with E-state index in [9.17, 15) is 24.7 Å². The number of thiazole rings is 1. The third kappa shape index (κ3) is 5.43. The van der Waals surface area contributed by atoms with Gasteiger partial charge >= 0.3 is 5.97 Å². The lowest BCUT2D eigenvalue weighted by Gasteiger charge is -2.49. The summed E-state index contributed by atoms with van der Waals surface area (Å²) in [7, 11) is 0. The largest absolute Gasteiger partial charge is 0.477 e. The zero-order valence-electron chi connectivity index (χ0n) is 17.9. The Morgan fingerprint density at radius 1 is 1.33 bits per heavy atom. The summed E-state index contributed by atoms with van der Waals surface area (Å²) in [4.78, 5) is 43.1. The SMILES string of the molecule is NCCSCc1nnc(SC2=C(C(=O)O)N3C(=O)[C@@H](NC(=O)/C(=N\O)c4nc(N)sc4Cl)[C@H]3SC2)s1. The van der Waals surface area contributed by atoms with Gasteiger partial charge in [0.1, 0.15) is 32.2 Å². The van der Waals surface area contributed by atoms with Gasteiger partial charge in [-0.15, -0.1) is 22.0 Å². The number of rotatable bonds is 10. The average molecular weight is 609 g/mol. The topological polar surface area (TPSA) is 210 Å². The predicted molar refractivity (Wildman–Crippen MR) is 141 cm³/mol. The molecule has 36 heavy (non-hydrogen) atoms. The zero-order chi connectivity index (χ0) is 26.0. The van der Waals surface area contributed by atoms with Gasteiger partial charge in [0.15, 0.2) is 15.2 Å². The van der Waals surface area contributed by atoms with E-state index in [0.717, 1.165) is 38.8 Å². The lowest BCUT2D eigenvalue weighted by atomic mass is 10.0. The number of nitrogens with one attached hydrogen (secondary N) is 1. The molecule has 0 radical (unpaired) electrons. The molecule has 19 heteroatoms. The van der Waals surface area contributed by atoms with E-state index in [0.29, 0.717) is 21.5 Å². The molecule has 192 valence electrons. The van der Waals surface area contributed by atoms with E-state index in [-0.39, 0.29) is 26.6 Å². The van der Waals surface area contributed by atoms with E-state index in [4.69, 9.17) is 23.1 Å². The van der Waals surface area contributed by atoms with Gasteiger partial charge in [0.05, 0.1) is 0 Å². The van der Waals surface area contributed by atoms with Crippen LogP contribution in [0.25, 0.3) is 0 Å².